The number of fused-ring (bicyclic) bond motifs is 1. The maximum atomic E-state index is 14.8. The lowest BCUT2D eigenvalue weighted by molar-refractivity contribution is 0.0680. The first-order valence-corrected chi connectivity index (χ1v) is 12.3. The minimum absolute atomic E-state index is 0.0312. The van der Waals surface area contributed by atoms with Gasteiger partial charge in [0.2, 0.25) is 0 Å². The van der Waals surface area contributed by atoms with Crippen LogP contribution < -0.4 is 10.3 Å². The molecule has 0 aliphatic carbocycles. The van der Waals surface area contributed by atoms with Crippen molar-refractivity contribution >= 4 is 22.7 Å². The molecule has 1 saturated heterocycles. The number of piperazine rings is 1. The third-order valence-electron chi connectivity index (χ3n) is 6.95. The van der Waals surface area contributed by atoms with Gasteiger partial charge in [-0.25, -0.2) is 4.39 Å². The first kappa shape index (κ1) is 21.1. The molecule has 0 bridgehead atoms. The summed E-state index contributed by atoms with van der Waals surface area (Å²) >= 11 is 1.61. The lowest BCUT2D eigenvalue weighted by Crippen LogP contribution is -2.48. The molecule has 2 atom stereocenters. The van der Waals surface area contributed by atoms with Crippen LogP contribution in [0.25, 0.3) is 10.9 Å². The Bertz CT molecular complexity index is 1270. The number of benzene rings is 1. The Morgan fingerprint density at radius 3 is 2.82 bits per heavy atom. The Kier molecular flexibility index (Phi) is 5.37. The van der Waals surface area contributed by atoms with E-state index in [1.54, 1.807) is 40.7 Å². The van der Waals surface area contributed by atoms with E-state index in [0.29, 0.717) is 30.3 Å². The Morgan fingerprint density at radius 2 is 1.97 bits per heavy atom. The van der Waals surface area contributed by atoms with E-state index in [-0.39, 0.29) is 17.3 Å². The van der Waals surface area contributed by atoms with E-state index in [0.717, 1.165) is 54.3 Å². The number of pyridine rings is 2. The average molecular weight is 469 g/mol. The van der Waals surface area contributed by atoms with Gasteiger partial charge in [-0.1, -0.05) is 11.8 Å². The number of rotatable bonds is 5. The molecule has 0 amide bonds. The van der Waals surface area contributed by atoms with Crippen LogP contribution in [-0.4, -0.2) is 69.7 Å². The van der Waals surface area contributed by atoms with E-state index in [1.807, 2.05) is 6.07 Å². The molecule has 9 heteroatoms. The fraction of sp³-hybridized carbons (Fsp3) is 0.417. The minimum Gasteiger partial charge on any atom is -0.480 e. The van der Waals surface area contributed by atoms with Crippen LogP contribution in [0.15, 0.2) is 46.2 Å². The average Bonchev–Trinajstić information content (AvgIpc) is 3.45. The van der Waals surface area contributed by atoms with Crippen molar-refractivity contribution in [1.29, 1.82) is 0 Å². The highest BCUT2D eigenvalue weighted by molar-refractivity contribution is 7.99. The first-order chi connectivity index (χ1) is 16.1. The van der Waals surface area contributed by atoms with Crippen LogP contribution >= 0.6 is 11.8 Å². The molecule has 1 N–H and O–H groups in total. The topological polar surface area (TPSA) is 70.8 Å². The molecule has 3 aromatic rings. The second-order valence-electron chi connectivity index (χ2n) is 8.96. The summed E-state index contributed by atoms with van der Waals surface area (Å²) in [5, 5.41) is 11.6. The van der Waals surface area contributed by atoms with Crippen LogP contribution in [-0.2, 0) is 6.54 Å². The third-order valence-corrected chi connectivity index (χ3v) is 7.81. The lowest BCUT2D eigenvalue weighted by Gasteiger charge is -2.36. The molecule has 172 valence electrons. The fourth-order valence-electron chi connectivity index (χ4n) is 5.23. The molecule has 33 heavy (non-hydrogen) atoms. The van der Waals surface area contributed by atoms with E-state index >= 15 is 0 Å². The molecule has 3 aliphatic heterocycles. The molecule has 3 aliphatic rings. The highest BCUT2D eigenvalue weighted by Gasteiger charge is 2.31. The lowest BCUT2D eigenvalue weighted by atomic mass is 9.98. The van der Waals surface area contributed by atoms with Crippen molar-refractivity contribution in [2.45, 2.75) is 23.5 Å². The largest absolute Gasteiger partial charge is 0.480 e. The normalized spacial score (nSPS) is 21.3. The number of aliphatic hydroxyl groups excluding tert-OH is 1. The molecule has 5 heterocycles. The predicted molar refractivity (Wildman–Crippen MR) is 124 cm³/mol. The quantitative estimate of drug-likeness (QED) is 0.617. The number of hydrogen-bond acceptors (Lipinski definition) is 7. The third kappa shape index (κ3) is 3.82. The number of β-amino-alcohol motifs (C(OH)–C–C–N with tert-alkyl or cyclic N) is 1. The maximum Gasteiger partial charge on any atom is 0.251 e. The van der Waals surface area contributed by atoms with Crippen molar-refractivity contribution in [1.82, 2.24) is 19.4 Å². The Morgan fingerprint density at radius 1 is 1.18 bits per heavy atom. The van der Waals surface area contributed by atoms with Crippen molar-refractivity contribution < 1.29 is 14.2 Å². The smallest absolute Gasteiger partial charge is 0.251 e. The van der Waals surface area contributed by atoms with Crippen LogP contribution in [0.3, 0.4) is 0 Å². The number of ether oxygens (including phenoxy) is 1. The summed E-state index contributed by atoms with van der Waals surface area (Å²) in [6.45, 7) is 5.11. The molecule has 2 aromatic heterocycles. The van der Waals surface area contributed by atoms with Gasteiger partial charge in [0.1, 0.15) is 17.9 Å². The molecular formula is C24H25FN4O3S. The second-order valence-corrected chi connectivity index (χ2v) is 9.92. The standard InChI is InChI=1S/C24H25FN4O3S/c25-17-3-1-15-2-4-22(31)29-12-16(23(17)24(15)29)11-27-5-7-28(8-6-27)13-19(30)18-9-21-20(10-26-18)32-14-33-21/h1-4,9-10,16,19,30H,5-8,11-14H2/t16-,19?/m1/s1. The fourth-order valence-corrected chi connectivity index (χ4v) is 6.00. The summed E-state index contributed by atoms with van der Waals surface area (Å²) in [5.41, 5.74) is 2.03. The van der Waals surface area contributed by atoms with Gasteiger partial charge in [-0.2, -0.15) is 0 Å². The van der Waals surface area contributed by atoms with E-state index in [2.05, 4.69) is 14.8 Å². The molecule has 6 rings (SSSR count). The number of thioether (sulfide) groups is 1. The van der Waals surface area contributed by atoms with Gasteiger partial charge in [0.05, 0.1) is 22.3 Å². The van der Waals surface area contributed by atoms with E-state index in [9.17, 15) is 14.3 Å². The summed E-state index contributed by atoms with van der Waals surface area (Å²) in [4.78, 5) is 22.3. The van der Waals surface area contributed by atoms with Gasteiger partial charge in [-0.15, -0.1) is 0 Å². The SMILES string of the molecule is O=c1ccc2ccc(F)c3c2n1C[C@H]3CN1CCN(CC(O)c2cc3c(cn2)OCS3)CC1. The van der Waals surface area contributed by atoms with Gasteiger partial charge in [0.25, 0.3) is 5.56 Å². The van der Waals surface area contributed by atoms with E-state index < -0.39 is 6.10 Å². The number of nitrogens with zero attached hydrogens (tertiary/aromatic N) is 4. The van der Waals surface area contributed by atoms with E-state index in [1.165, 1.54) is 6.07 Å². The van der Waals surface area contributed by atoms with Gasteiger partial charge in [0, 0.05) is 63.4 Å². The number of aromatic nitrogens is 2. The van der Waals surface area contributed by atoms with Gasteiger partial charge < -0.3 is 19.3 Å². The summed E-state index contributed by atoms with van der Waals surface area (Å²) in [7, 11) is 0. The molecule has 0 saturated carbocycles. The van der Waals surface area contributed by atoms with Crippen molar-refractivity contribution in [2.75, 3.05) is 45.2 Å². The van der Waals surface area contributed by atoms with Gasteiger partial charge >= 0.3 is 0 Å². The van der Waals surface area contributed by atoms with Crippen molar-refractivity contribution in [3.8, 4) is 5.75 Å². The number of halogens is 1. The summed E-state index contributed by atoms with van der Waals surface area (Å²) < 4.78 is 21.9. The maximum absolute atomic E-state index is 14.8. The minimum atomic E-state index is -0.647. The highest BCUT2D eigenvalue weighted by atomic mass is 32.2. The highest BCUT2D eigenvalue weighted by Crippen LogP contribution is 2.37. The summed E-state index contributed by atoms with van der Waals surface area (Å²) in [5.74, 6) is 1.12. The van der Waals surface area contributed by atoms with Gasteiger partial charge in [-0.05, 0) is 29.7 Å². The predicted octanol–water partition coefficient (Wildman–Crippen LogP) is 2.43. The molecule has 1 fully saturated rings. The number of hydrogen-bond donors (Lipinski definition) is 1. The first-order valence-electron chi connectivity index (χ1n) is 11.3. The van der Waals surface area contributed by atoms with Crippen LogP contribution in [0.4, 0.5) is 4.39 Å². The van der Waals surface area contributed by atoms with Gasteiger partial charge in [-0.3, -0.25) is 14.7 Å². The number of aliphatic hydroxyl groups is 1. The zero-order valence-corrected chi connectivity index (χ0v) is 18.9. The zero-order chi connectivity index (χ0) is 22.5. The van der Waals surface area contributed by atoms with Crippen LogP contribution in [0.5, 0.6) is 5.75 Å². The summed E-state index contributed by atoms with van der Waals surface area (Å²) in [6.07, 6.45) is 1.04. The second kappa shape index (κ2) is 8.39. The molecule has 0 radical (unpaired) electrons. The van der Waals surface area contributed by atoms with Crippen LogP contribution in [0.2, 0.25) is 0 Å². The van der Waals surface area contributed by atoms with Crippen molar-refractivity contribution in [3.63, 3.8) is 0 Å². The van der Waals surface area contributed by atoms with Crippen molar-refractivity contribution in [2.24, 2.45) is 0 Å². The molecule has 0 spiro atoms. The summed E-state index contributed by atoms with van der Waals surface area (Å²) in [6, 6.07) is 8.53. The Hall–Kier alpha value is -2.46. The zero-order valence-electron chi connectivity index (χ0n) is 18.1. The van der Waals surface area contributed by atoms with Crippen molar-refractivity contribution in [3.05, 3.63) is 64.0 Å². The van der Waals surface area contributed by atoms with E-state index in [4.69, 9.17) is 4.74 Å². The Labute approximate surface area is 194 Å². The van der Waals surface area contributed by atoms with Crippen LogP contribution in [0.1, 0.15) is 23.3 Å². The van der Waals surface area contributed by atoms with Gasteiger partial charge in [0.15, 0.2) is 5.75 Å². The molecule has 1 aromatic carbocycles. The molecular weight excluding hydrogens is 443 g/mol. The molecule has 1 unspecified atom stereocenters. The van der Waals surface area contributed by atoms with Crippen LogP contribution in [0, 0.1) is 5.82 Å². The molecule has 7 nitrogen and oxygen atoms in total. The Balaban J connectivity index is 1.09. The monoisotopic (exact) mass is 468 g/mol.